The second-order valence-electron chi connectivity index (χ2n) is 9.20. The van der Waals surface area contributed by atoms with Crippen LogP contribution in [-0.2, 0) is 14.3 Å². The van der Waals surface area contributed by atoms with Crippen LogP contribution in [0.4, 0.5) is 4.39 Å². The van der Waals surface area contributed by atoms with E-state index in [0.29, 0.717) is 6.29 Å². The predicted octanol–water partition coefficient (Wildman–Crippen LogP) is 4.39. The number of methoxy groups -OCH3 is 1. The number of carbonyl (C=O) groups excluding carboxylic acids is 3. The molecule has 0 saturated carbocycles. The summed E-state index contributed by atoms with van der Waals surface area (Å²) in [6, 6.07) is 6.15. The first-order chi connectivity index (χ1) is 17.0. The number of carbonyl (C=O) groups is 3. The first-order valence-electron chi connectivity index (χ1n) is 11.8. The Morgan fingerprint density at radius 3 is 2.50 bits per heavy atom. The number of aromatic nitrogens is 1. The zero-order chi connectivity index (χ0) is 27.0. The summed E-state index contributed by atoms with van der Waals surface area (Å²) < 4.78 is 30.1. The number of benzene rings is 1. The van der Waals surface area contributed by atoms with Gasteiger partial charge in [-0.2, -0.15) is 0 Å². The predicted molar refractivity (Wildman–Crippen MR) is 133 cm³/mol. The van der Waals surface area contributed by atoms with Gasteiger partial charge in [0.05, 0.1) is 19.8 Å². The molecule has 36 heavy (non-hydrogen) atoms. The highest BCUT2D eigenvalue weighted by atomic mass is 19.1. The lowest BCUT2D eigenvalue weighted by molar-refractivity contribution is -0.132. The van der Waals surface area contributed by atoms with Gasteiger partial charge < -0.3 is 24.3 Å². The van der Waals surface area contributed by atoms with Gasteiger partial charge in [0.1, 0.15) is 17.6 Å². The number of hydrogen-bond acceptors (Lipinski definition) is 7. The minimum atomic E-state index is -1.40. The van der Waals surface area contributed by atoms with E-state index in [1.54, 1.807) is 6.07 Å². The highest BCUT2D eigenvalue weighted by Gasteiger charge is 2.33. The van der Waals surface area contributed by atoms with E-state index in [-0.39, 0.29) is 47.6 Å². The lowest BCUT2D eigenvalue weighted by atomic mass is 9.80. The van der Waals surface area contributed by atoms with Gasteiger partial charge >= 0.3 is 5.97 Å². The van der Waals surface area contributed by atoms with E-state index in [1.807, 2.05) is 13.8 Å². The van der Waals surface area contributed by atoms with E-state index in [1.165, 1.54) is 45.4 Å². The van der Waals surface area contributed by atoms with Crippen molar-refractivity contribution in [1.82, 2.24) is 10.3 Å². The van der Waals surface area contributed by atoms with E-state index in [0.717, 1.165) is 17.5 Å². The standard InChI is InChI=1S/C27H35FN2O6/c1-8-16(2)23(21-10-9-20(28)13-17(21)3)18(4)35-15-27(6,14-31)30-26(33)24-25(36-19(5)32)22(34-7)11-12-29-24/h9-14,16,18,23H,8,15H2,1-7H3,(H,30,33)/t16?,18-,23+,27+/m0/s1. The number of aryl methyl sites for hydroxylation is 1. The number of rotatable bonds is 12. The Morgan fingerprint density at radius 2 is 1.94 bits per heavy atom. The van der Waals surface area contributed by atoms with Crippen LogP contribution in [0.25, 0.3) is 0 Å². The number of esters is 1. The first-order valence-corrected chi connectivity index (χ1v) is 11.8. The van der Waals surface area contributed by atoms with Crippen LogP contribution in [0.1, 0.15) is 68.6 Å². The Kier molecular flexibility index (Phi) is 10.1. The van der Waals surface area contributed by atoms with Crippen LogP contribution < -0.4 is 14.8 Å². The molecule has 1 aromatic heterocycles. The largest absolute Gasteiger partial charge is 0.493 e. The van der Waals surface area contributed by atoms with Crippen LogP contribution in [0, 0.1) is 18.7 Å². The minimum Gasteiger partial charge on any atom is -0.493 e. The van der Waals surface area contributed by atoms with Crippen molar-refractivity contribution in [3.63, 3.8) is 0 Å². The molecule has 0 aliphatic rings. The van der Waals surface area contributed by atoms with Gasteiger partial charge in [-0.1, -0.05) is 26.3 Å². The summed E-state index contributed by atoms with van der Waals surface area (Å²) in [4.78, 5) is 40.7. The molecule has 196 valence electrons. The van der Waals surface area contributed by atoms with Crippen molar-refractivity contribution >= 4 is 18.2 Å². The molecule has 0 fully saturated rings. The second kappa shape index (κ2) is 12.6. The number of amides is 1. The summed E-state index contributed by atoms with van der Waals surface area (Å²) in [5, 5.41) is 2.63. The number of nitrogens with zero attached hydrogens (tertiary/aromatic N) is 1. The van der Waals surface area contributed by atoms with Crippen molar-refractivity contribution in [3.05, 3.63) is 53.1 Å². The Hall–Kier alpha value is -3.33. The molecule has 0 bridgehead atoms. The third-order valence-corrected chi connectivity index (χ3v) is 6.21. The number of aldehydes is 1. The molecule has 2 aromatic rings. The number of hydrogen-bond donors (Lipinski definition) is 1. The van der Waals surface area contributed by atoms with Gasteiger partial charge in [-0.25, -0.2) is 9.37 Å². The summed E-state index contributed by atoms with van der Waals surface area (Å²) >= 11 is 0. The molecule has 1 heterocycles. The van der Waals surface area contributed by atoms with Gasteiger partial charge in [-0.15, -0.1) is 0 Å². The molecular formula is C27H35FN2O6. The van der Waals surface area contributed by atoms with E-state index in [4.69, 9.17) is 14.2 Å². The molecule has 8 nitrogen and oxygen atoms in total. The number of halogens is 1. The van der Waals surface area contributed by atoms with Crippen LogP contribution in [0.3, 0.4) is 0 Å². The Bertz CT molecular complexity index is 1090. The lowest BCUT2D eigenvalue weighted by Gasteiger charge is -2.33. The fraction of sp³-hybridized carbons (Fsp3) is 0.481. The molecule has 0 spiro atoms. The topological polar surface area (TPSA) is 104 Å². The van der Waals surface area contributed by atoms with Crippen molar-refractivity contribution in [2.75, 3.05) is 13.7 Å². The van der Waals surface area contributed by atoms with Crippen LogP contribution in [0.2, 0.25) is 0 Å². The van der Waals surface area contributed by atoms with Crippen LogP contribution in [-0.4, -0.2) is 48.5 Å². The summed E-state index contributed by atoms with van der Waals surface area (Å²) in [6.45, 7) is 10.5. The van der Waals surface area contributed by atoms with Gasteiger partial charge in [-0.3, -0.25) is 9.59 Å². The molecule has 0 saturated heterocycles. The summed E-state index contributed by atoms with van der Waals surface area (Å²) in [5.41, 5.74) is 0.192. The van der Waals surface area contributed by atoms with E-state index in [9.17, 15) is 18.8 Å². The van der Waals surface area contributed by atoms with Gasteiger partial charge in [-0.05, 0) is 49.9 Å². The maximum Gasteiger partial charge on any atom is 0.308 e. The van der Waals surface area contributed by atoms with Gasteiger partial charge in [0.25, 0.3) is 5.91 Å². The van der Waals surface area contributed by atoms with Crippen molar-refractivity contribution in [1.29, 1.82) is 0 Å². The molecular weight excluding hydrogens is 467 g/mol. The quantitative estimate of drug-likeness (QED) is 0.339. The van der Waals surface area contributed by atoms with E-state index in [2.05, 4.69) is 24.1 Å². The average molecular weight is 503 g/mol. The molecule has 4 atom stereocenters. The molecule has 1 N–H and O–H groups in total. The fourth-order valence-electron chi connectivity index (χ4n) is 4.11. The summed E-state index contributed by atoms with van der Waals surface area (Å²) in [7, 11) is 1.37. The van der Waals surface area contributed by atoms with Gasteiger partial charge in [0, 0.05) is 25.1 Å². The molecule has 0 aliphatic carbocycles. The minimum absolute atomic E-state index is 0.0576. The van der Waals surface area contributed by atoms with Crippen LogP contribution in [0.5, 0.6) is 11.5 Å². The van der Waals surface area contributed by atoms with E-state index >= 15 is 0 Å². The van der Waals surface area contributed by atoms with Crippen molar-refractivity contribution in [2.24, 2.45) is 5.92 Å². The highest BCUT2D eigenvalue weighted by Crippen LogP contribution is 2.34. The Morgan fingerprint density at radius 1 is 1.25 bits per heavy atom. The van der Waals surface area contributed by atoms with Crippen molar-refractivity contribution in [3.8, 4) is 11.5 Å². The first kappa shape index (κ1) is 28.9. The molecule has 1 unspecified atom stereocenters. The lowest BCUT2D eigenvalue weighted by Crippen LogP contribution is -2.52. The zero-order valence-corrected chi connectivity index (χ0v) is 21.9. The Labute approximate surface area is 211 Å². The molecule has 0 radical (unpaired) electrons. The third-order valence-electron chi connectivity index (χ3n) is 6.21. The number of pyridine rings is 1. The highest BCUT2D eigenvalue weighted by molar-refractivity contribution is 5.98. The summed E-state index contributed by atoms with van der Waals surface area (Å²) in [6.07, 6.45) is 2.45. The molecule has 1 amide bonds. The van der Waals surface area contributed by atoms with E-state index < -0.39 is 17.4 Å². The smallest absolute Gasteiger partial charge is 0.308 e. The van der Waals surface area contributed by atoms with Crippen LogP contribution in [0.15, 0.2) is 30.5 Å². The SMILES string of the molecule is CCC(C)[C@@H](c1ccc(F)cc1C)[C@H](C)OC[C@@](C)(C=O)NC(=O)c1nccc(OC)c1OC(C)=O. The van der Waals surface area contributed by atoms with Gasteiger partial charge in [0.2, 0.25) is 5.75 Å². The maximum atomic E-state index is 13.7. The third kappa shape index (κ3) is 7.10. The molecule has 1 aromatic carbocycles. The monoisotopic (exact) mass is 502 g/mol. The fourth-order valence-corrected chi connectivity index (χ4v) is 4.11. The molecule has 9 heteroatoms. The normalized spacial score (nSPS) is 15.2. The van der Waals surface area contributed by atoms with Gasteiger partial charge in [0.15, 0.2) is 11.4 Å². The van der Waals surface area contributed by atoms with Crippen LogP contribution >= 0.6 is 0 Å². The molecule has 2 rings (SSSR count). The number of nitrogens with one attached hydrogen (secondary N) is 1. The second-order valence-corrected chi connectivity index (χ2v) is 9.20. The maximum absolute atomic E-state index is 13.7. The average Bonchev–Trinajstić information content (AvgIpc) is 2.83. The Balaban J connectivity index is 2.25. The summed E-state index contributed by atoms with van der Waals surface area (Å²) in [5.74, 6) is -1.53. The molecule has 0 aliphatic heterocycles. The zero-order valence-electron chi connectivity index (χ0n) is 21.9. The van der Waals surface area contributed by atoms with Crippen molar-refractivity contribution < 1.29 is 33.0 Å². The van der Waals surface area contributed by atoms with Crippen molar-refractivity contribution in [2.45, 2.75) is 65.5 Å². The number of ether oxygens (including phenoxy) is 3.